The Morgan fingerprint density at radius 3 is 2.43 bits per heavy atom. The molecule has 0 radical (unpaired) electrons. The van der Waals surface area contributed by atoms with Crippen molar-refractivity contribution in [3.8, 4) is 0 Å². The highest BCUT2D eigenvalue weighted by Gasteiger charge is 2.23. The van der Waals surface area contributed by atoms with Crippen LogP contribution in [0.15, 0.2) is 30.5 Å². The number of hydrogen-bond donors (Lipinski definition) is 1. The van der Waals surface area contributed by atoms with E-state index in [4.69, 9.17) is 17.3 Å². The zero-order chi connectivity index (χ0) is 17.1. The van der Waals surface area contributed by atoms with Gasteiger partial charge in [-0.1, -0.05) is 30.7 Å². The van der Waals surface area contributed by atoms with Gasteiger partial charge in [-0.3, -0.25) is 10.1 Å². The summed E-state index contributed by atoms with van der Waals surface area (Å²) in [6.07, 6.45) is 1.13. The second-order valence-electron chi connectivity index (χ2n) is 5.39. The van der Waals surface area contributed by atoms with Crippen molar-refractivity contribution in [1.29, 1.82) is 0 Å². The Morgan fingerprint density at radius 2 is 1.91 bits per heavy atom. The van der Waals surface area contributed by atoms with Gasteiger partial charge in [-0.2, -0.15) is 4.98 Å². The number of rotatable bonds is 5. The first kappa shape index (κ1) is 17.0. The summed E-state index contributed by atoms with van der Waals surface area (Å²) >= 11 is 5.91. The van der Waals surface area contributed by atoms with Crippen molar-refractivity contribution in [3.63, 3.8) is 0 Å². The van der Waals surface area contributed by atoms with Gasteiger partial charge in [0.2, 0.25) is 11.8 Å². The van der Waals surface area contributed by atoms with Crippen molar-refractivity contribution in [2.75, 3.05) is 17.7 Å². The highest BCUT2D eigenvalue weighted by Crippen LogP contribution is 2.27. The maximum atomic E-state index is 10.8. The number of anilines is 2. The van der Waals surface area contributed by atoms with Gasteiger partial charge in [0.05, 0.1) is 4.92 Å². The van der Waals surface area contributed by atoms with Crippen molar-refractivity contribution < 1.29 is 4.92 Å². The Morgan fingerprint density at radius 1 is 1.30 bits per heavy atom. The van der Waals surface area contributed by atoms with Gasteiger partial charge in [-0.05, 0) is 24.6 Å². The lowest BCUT2D eigenvalue weighted by Gasteiger charge is -2.30. The second kappa shape index (κ2) is 6.78. The quantitative estimate of drug-likeness (QED) is 0.665. The van der Waals surface area contributed by atoms with Crippen molar-refractivity contribution >= 4 is 29.1 Å². The highest BCUT2D eigenvalue weighted by molar-refractivity contribution is 6.30. The number of nitrogen functional groups attached to an aromatic ring is 1. The topological polar surface area (TPSA) is 98.2 Å². The van der Waals surface area contributed by atoms with E-state index < -0.39 is 4.92 Å². The van der Waals surface area contributed by atoms with Crippen molar-refractivity contribution in [1.82, 2.24) is 9.97 Å². The molecule has 0 saturated carbocycles. The normalized spacial score (nSPS) is 13.4. The van der Waals surface area contributed by atoms with Gasteiger partial charge in [0.25, 0.3) is 0 Å². The largest absolute Gasteiger partial charge is 0.378 e. The van der Waals surface area contributed by atoms with Crippen LogP contribution in [0.4, 0.5) is 17.5 Å². The minimum absolute atomic E-state index is 0.0528. The summed E-state index contributed by atoms with van der Waals surface area (Å²) in [5.41, 5.74) is 6.47. The Hall–Kier alpha value is -2.41. The van der Waals surface area contributed by atoms with Crippen LogP contribution in [0.1, 0.15) is 25.3 Å². The maximum Gasteiger partial charge on any atom is 0.329 e. The third kappa shape index (κ3) is 3.68. The average Bonchev–Trinajstić information content (AvgIpc) is 2.53. The smallest absolute Gasteiger partial charge is 0.329 e. The molecule has 0 saturated heterocycles. The van der Waals surface area contributed by atoms with Crippen molar-refractivity contribution in [2.45, 2.75) is 25.8 Å². The summed E-state index contributed by atoms with van der Waals surface area (Å²) in [5, 5.41) is 11.5. The summed E-state index contributed by atoms with van der Waals surface area (Å²) in [6, 6.07) is 7.70. The Bertz CT molecular complexity index is 708. The lowest BCUT2D eigenvalue weighted by Crippen LogP contribution is -2.34. The molecule has 2 rings (SSSR count). The molecule has 1 heterocycles. The maximum absolute atomic E-state index is 10.8. The van der Waals surface area contributed by atoms with Crippen LogP contribution < -0.4 is 10.6 Å². The molecule has 0 aliphatic rings. The fourth-order valence-electron chi connectivity index (χ4n) is 2.25. The number of nitrogens with two attached hydrogens (primary N) is 1. The third-order valence-electron chi connectivity index (χ3n) is 4.03. The van der Waals surface area contributed by atoms with E-state index in [1.807, 2.05) is 43.1 Å². The summed E-state index contributed by atoms with van der Waals surface area (Å²) in [6.45, 7) is 4.11. The number of nitro groups is 1. The molecular weight excluding hydrogens is 318 g/mol. The molecule has 0 fully saturated rings. The zero-order valence-corrected chi connectivity index (χ0v) is 13.9. The van der Waals surface area contributed by atoms with E-state index in [1.54, 1.807) is 0 Å². The molecule has 8 heteroatoms. The first-order valence-electron chi connectivity index (χ1n) is 7.06. The Balaban J connectivity index is 2.21. The van der Waals surface area contributed by atoms with Crippen LogP contribution in [0.3, 0.4) is 0 Å². The van der Waals surface area contributed by atoms with E-state index in [1.165, 1.54) is 0 Å². The van der Waals surface area contributed by atoms with Gasteiger partial charge < -0.3 is 10.6 Å². The molecule has 0 spiro atoms. The molecule has 122 valence electrons. The number of hydrogen-bond acceptors (Lipinski definition) is 6. The van der Waals surface area contributed by atoms with Crippen molar-refractivity contribution in [2.24, 2.45) is 0 Å². The van der Waals surface area contributed by atoms with Gasteiger partial charge >= 0.3 is 5.69 Å². The van der Waals surface area contributed by atoms with E-state index in [0.29, 0.717) is 11.0 Å². The van der Waals surface area contributed by atoms with Crippen LogP contribution in [-0.4, -0.2) is 28.0 Å². The molecule has 0 aliphatic carbocycles. The average molecular weight is 336 g/mol. The highest BCUT2D eigenvalue weighted by atomic mass is 35.5. The van der Waals surface area contributed by atoms with Crippen LogP contribution >= 0.6 is 11.6 Å². The predicted octanol–water partition coefficient (Wildman–Crippen LogP) is 3.25. The molecule has 7 nitrogen and oxygen atoms in total. The standard InChI is InChI=1S/C15H18ClN5O2/c1-9(11-4-6-12(16)7-5-11)10(2)20(3)15-18-8-13(21(22)23)14(17)19-15/h4-10H,1-3H3,(H2,17,18,19)/t9-,10+/m1/s1. The van der Waals surface area contributed by atoms with Crippen LogP contribution in [0.5, 0.6) is 0 Å². The van der Waals surface area contributed by atoms with Crippen LogP contribution in [-0.2, 0) is 0 Å². The van der Waals surface area contributed by atoms with E-state index >= 15 is 0 Å². The number of aromatic nitrogens is 2. The molecule has 2 atom stereocenters. The predicted molar refractivity (Wildman–Crippen MR) is 90.8 cm³/mol. The summed E-state index contributed by atoms with van der Waals surface area (Å²) in [4.78, 5) is 20.1. The Kier molecular flexibility index (Phi) is 5.00. The van der Waals surface area contributed by atoms with Gasteiger partial charge in [-0.15, -0.1) is 0 Å². The molecule has 0 unspecified atom stereocenters. The van der Waals surface area contributed by atoms with Crippen molar-refractivity contribution in [3.05, 3.63) is 51.2 Å². The van der Waals surface area contributed by atoms with Crippen LogP contribution in [0.2, 0.25) is 5.02 Å². The third-order valence-corrected chi connectivity index (χ3v) is 4.28. The molecule has 1 aromatic carbocycles. The van der Waals surface area contributed by atoms with Crippen LogP contribution in [0.25, 0.3) is 0 Å². The minimum atomic E-state index is -0.598. The minimum Gasteiger partial charge on any atom is -0.378 e. The molecule has 2 N–H and O–H groups in total. The molecule has 0 bridgehead atoms. The second-order valence-corrected chi connectivity index (χ2v) is 5.83. The number of halogens is 1. The van der Waals surface area contributed by atoms with Gasteiger partial charge in [0.15, 0.2) is 0 Å². The van der Waals surface area contributed by atoms with Crippen LogP contribution in [0, 0.1) is 10.1 Å². The van der Waals surface area contributed by atoms with E-state index in [9.17, 15) is 10.1 Å². The van der Waals surface area contributed by atoms with E-state index in [2.05, 4.69) is 16.9 Å². The Labute approximate surface area is 139 Å². The summed E-state index contributed by atoms with van der Waals surface area (Å²) in [5.74, 6) is 0.386. The molecule has 0 amide bonds. The van der Waals surface area contributed by atoms with Gasteiger partial charge in [0.1, 0.15) is 6.20 Å². The number of nitrogens with zero attached hydrogens (tertiary/aromatic N) is 4. The SMILES string of the molecule is C[C@@H](c1ccc(Cl)cc1)[C@H](C)N(C)c1ncc([N+](=O)[O-])c(N)n1. The fraction of sp³-hybridized carbons (Fsp3) is 0.333. The molecule has 1 aromatic heterocycles. The van der Waals surface area contributed by atoms with Gasteiger partial charge in [0, 0.05) is 24.0 Å². The summed E-state index contributed by atoms with van der Waals surface area (Å²) < 4.78 is 0. The zero-order valence-electron chi connectivity index (χ0n) is 13.1. The lowest BCUT2D eigenvalue weighted by atomic mass is 9.94. The molecule has 0 aliphatic heterocycles. The lowest BCUT2D eigenvalue weighted by molar-refractivity contribution is -0.384. The molecule has 23 heavy (non-hydrogen) atoms. The number of benzene rings is 1. The van der Waals surface area contributed by atoms with E-state index in [-0.39, 0.29) is 23.5 Å². The first-order valence-corrected chi connectivity index (χ1v) is 7.44. The van der Waals surface area contributed by atoms with E-state index in [0.717, 1.165) is 11.8 Å². The molecular formula is C15H18ClN5O2. The van der Waals surface area contributed by atoms with Gasteiger partial charge in [-0.25, -0.2) is 4.98 Å². The number of likely N-dealkylation sites (N-methyl/N-ethyl adjacent to an activating group) is 1. The first-order chi connectivity index (χ1) is 10.8. The monoisotopic (exact) mass is 335 g/mol. The molecule has 2 aromatic rings. The summed E-state index contributed by atoms with van der Waals surface area (Å²) in [7, 11) is 1.83. The fourth-order valence-corrected chi connectivity index (χ4v) is 2.38.